The van der Waals surface area contributed by atoms with Crippen molar-refractivity contribution in [2.45, 2.75) is 31.1 Å². The molecule has 0 saturated heterocycles. The molecule has 0 radical (unpaired) electrons. The van der Waals surface area contributed by atoms with Gasteiger partial charge in [-0.25, -0.2) is 8.42 Å². The zero-order valence-electron chi connectivity index (χ0n) is 10.1. The van der Waals surface area contributed by atoms with Crippen molar-refractivity contribution in [2.75, 3.05) is 5.75 Å². The smallest absolute Gasteiger partial charge is 0.172 e. The van der Waals surface area contributed by atoms with E-state index in [0.29, 0.717) is 5.56 Å². The van der Waals surface area contributed by atoms with Gasteiger partial charge in [-0.15, -0.1) is 0 Å². The van der Waals surface area contributed by atoms with E-state index >= 15 is 0 Å². The molecule has 0 amide bonds. The van der Waals surface area contributed by atoms with Crippen LogP contribution in [0.5, 0.6) is 0 Å². The van der Waals surface area contributed by atoms with E-state index in [-0.39, 0.29) is 5.75 Å². The highest BCUT2D eigenvalue weighted by Gasteiger charge is 2.43. The van der Waals surface area contributed by atoms with Crippen molar-refractivity contribution in [1.29, 1.82) is 0 Å². The van der Waals surface area contributed by atoms with Crippen LogP contribution in [0.15, 0.2) is 24.3 Å². The van der Waals surface area contributed by atoms with Crippen LogP contribution in [0, 0.1) is 6.92 Å². The number of rotatable bonds is 4. The maximum atomic E-state index is 11.8. The Labute approximate surface area is 107 Å². The SMILES string of the molecule is CCS(=O)(=O)[C@@](C)(Cl)[C@@H](O)c1cccc(C)c1. The van der Waals surface area contributed by atoms with Crippen LogP contribution in [-0.2, 0) is 9.84 Å². The molecule has 1 aromatic carbocycles. The Morgan fingerprint density at radius 3 is 2.53 bits per heavy atom. The molecule has 5 heteroatoms. The largest absolute Gasteiger partial charge is 0.385 e. The molecule has 0 heterocycles. The number of alkyl halides is 1. The number of hydrogen-bond donors (Lipinski definition) is 1. The fraction of sp³-hybridized carbons (Fsp3) is 0.500. The molecule has 96 valence electrons. The number of benzene rings is 1. The molecule has 3 nitrogen and oxygen atoms in total. The zero-order chi connectivity index (χ0) is 13.3. The minimum absolute atomic E-state index is 0.101. The molecule has 17 heavy (non-hydrogen) atoms. The zero-order valence-corrected chi connectivity index (χ0v) is 11.7. The lowest BCUT2D eigenvalue weighted by atomic mass is 10.0. The molecule has 0 bridgehead atoms. The van der Waals surface area contributed by atoms with Crippen LogP contribution in [0.3, 0.4) is 0 Å². The second kappa shape index (κ2) is 4.96. The van der Waals surface area contributed by atoms with E-state index in [4.69, 9.17) is 11.6 Å². The maximum absolute atomic E-state index is 11.8. The van der Waals surface area contributed by atoms with Crippen molar-refractivity contribution < 1.29 is 13.5 Å². The molecule has 0 unspecified atom stereocenters. The van der Waals surface area contributed by atoms with Crippen LogP contribution >= 0.6 is 11.6 Å². The van der Waals surface area contributed by atoms with Gasteiger partial charge in [0.25, 0.3) is 0 Å². The Kier molecular flexibility index (Phi) is 4.23. The minimum atomic E-state index is -3.54. The average molecular weight is 277 g/mol. The van der Waals surface area contributed by atoms with Gasteiger partial charge in [0.15, 0.2) is 14.0 Å². The van der Waals surface area contributed by atoms with Gasteiger partial charge in [-0.3, -0.25) is 0 Å². The molecule has 0 aliphatic carbocycles. The van der Waals surface area contributed by atoms with Gasteiger partial charge in [-0.05, 0) is 19.4 Å². The lowest BCUT2D eigenvalue weighted by molar-refractivity contribution is 0.162. The summed E-state index contributed by atoms with van der Waals surface area (Å²) in [7, 11) is -3.54. The van der Waals surface area contributed by atoms with E-state index in [1.165, 1.54) is 13.8 Å². The molecule has 1 rings (SSSR count). The van der Waals surface area contributed by atoms with Crippen LogP contribution < -0.4 is 0 Å². The Balaban J connectivity index is 3.17. The fourth-order valence-corrected chi connectivity index (χ4v) is 3.08. The Hall–Kier alpha value is -0.580. The number of aliphatic hydroxyl groups is 1. The van der Waals surface area contributed by atoms with E-state index in [1.807, 2.05) is 13.0 Å². The number of halogens is 1. The van der Waals surface area contributed by atoms with E-state index in [2.05, 4.69) is 0 Å². The molecule has 0 saturated carbocycles. The molecule has 2 atom stereocenters. The van der Waals surface area contributed by atoms with E-state index < -0.39 is 20.1 Å². The molecule has 1 aromatic rings. The van der Waals surface area contributed by atoms with Gasteiger partial charge in [-0.2, -0.15) is 0 Å². The first kappa shape index (κ1) is 14.5. The molecule has 0 fully saturated rings. The third-order valence-electron chi connectivity index (χ3n) is 2.83. The highest BCUT2D eigenvalue weighted by atomic mass is 35.5. The molecule has 0 aliphatic rings. The van der Waals surface area contributed by atoms with E-state index in [9.17, 15) is 13.5 Å². The Morgan fingerprint density at radius 1 is 1.47 bits per heavy atom. The summed E-state index contributed by atoms with van der Waals surface area (Å²) in [4.78, 5) is 0. The van der Waals surface area contributed by atoms with Crippen LogP contribution in [0.25, 0.3) is 0 Å². The van der Waals surface area contributed by atoms with Gasteiger partial charge in [0, 0.05) is 5.75 Å². The van der Waals surface area contributed by atoms with Gasteiger partial charge >= 0.3 is 0 Å². The molecule has 1 N–H and O–H groups in total. The highest BCUT2D eigenvalue weighted by Crippen LogP contribution is 2.37. The second-order valence-electron chi connectivity index (χ2n) is 4.21. The van der Waals surface area contributed by atoms with Crippen molar-refractivity contribution in [1.82, 2.24) is 0 Å². The van der Waals surface area contributed by atoms with Crippen molar-refractivity contribution in [2.24, 2.45) is 0 Å². The number of aryl methyl sites for hydroxylation is 1. The topological polar surface area (TPSA) is 54.4 Å². The van der Waals surface area contributed by atoms with Crippen molar-refractivity contribution in [3.63, 3.8) is 0 Å². The summed E-state index contributed by atoms with van der Waals surface area (Å²) in [5.74, 6) is -0.101. The lowest BCUT2D eigenvalue weighted by Gasteiger charge is -2.27. The molecule has 0 spiro atoms. The van der Waals surface area contributed by atoms with Crippen molar-refractivity contribution >= 4 is 21.4 Å². The Bertz CT molecular complexity index is 494. The molecule has 0 aliphatic heterocycles. The molecular weight excluding hydrogens is 260 g/mol. The first-order valence-corrected chi connectivity index (χ1v) is 7.41. The quantitative estimate of drug-likeness (QED) is 0.860. The van der Waals surface area contributed by atoms with Gasteiger partial charge in [0.2, 0.25) is 0 Å². The summed E-state index contributed by atoms with van der Waals surface area (Å²) in [6, 6.07) is 7.04. The number of hydrogen-bond acceptors (Lipinski definition) is 3. The van der Waals surface area contributed by atoms with E-state index in [1.54, 1.807) is 18.2 Å². The molecule has 0 aromatic heterocycles. The summed E-state index contributed by atoms with van der Waals surface area (Å²) >= 11 is 6.03. The predicted molar refractivity (Wildman–Crippen MR) is 69.9 cm³/mol. The lowest BCUT2D eigenvalue weighted by Crippen LogP contribution is -2.37. The van der Waals surface area contributed by atoms with Crippen molar-refractivity contribution in [3.05, 3.63) is 35.4 Å². The highest BCUT2D eigenvalue weighted by molar-refractivity contribution is 7.94. The third kappa shape index (κ3) is 2.81. The summed E-state index contributed by atoms with van der Waals surface area (Å²) in [5.41, 5.74) is 1.46. The first-order chi connectivity index (χ1) is 7.72. The monoisotopic (exact) mass is 276 g/mol. The van der Waals surface area contributed by atoms with Gasteiger partial charge in [-0.1, -0.05) is 48.4 Å². The first-order valence-electron chi connectivity index (χ1n) is 5.38. The van der Waals surface area contributed by atoms with Gasteiger partial charge < -0.3 is 5.11 Å². The molecular formula is C12H17ClO3S. The fourth-order valence-electron chi connectivity index (χ4n) is 1.59. The standard InChI is InChI=1S/C12H17ClO3S/c1-4-17(15,16)12(3,13)11(14)10-7-5-6-9(2)8-10/h5-8,11,14H,4H2,1-3H3/t11-,12+/m0/s1. The minimum Gasteiger partial charge on any atom is -0.385 e. The summed E-state index contributed by atoms with van der Waals surface area (Å²) in [6.45, 7) is 4.72. The second-order valence-corrected chi connectivity index (χ2v) is 7.87. The third-order valence-corrected chi connectivity index (χ3v) is 5.95. The van der Waals surface area contributed by atoms with Crippen LogP contribution in [0.1, 0.15) is 31.1 Å². The van der Waals surface area contributed by atoms with E-state index in [0.717, 1.165) is 5.56 Å². The Morgan fingerprint density at radius 2 is 2.06 bits per heavy atom. The predicted octanol–water partition coefficient (Wildman–Crippen LogP) is 2.42. The van der Waals surface area contributed by atoms with Crippen LogP contribution in [0.2, 0.25) is 0 Å². The summed E-state index contributed by atoms with van der Waals surface area (Å²) in [6.07, 6.45) is -1.24. The van der Waals surface area contributed by atoms with Gasteiger partial charge in [0.1, 0.15) is 6.10 Å². The van der Waals surface area contributed by atoms with Gasteiger partial charge in [0.05, 0.1) is 0 Å². The normalized spacial score (nSPS) is 17.5. The maximum Gasteiger partial charge on any atom is 0.172 e. The summed E-state index contributed by atoms with van der Waals surface area (Å²) < 4.78 is 22.0. The number of aliphatic hydroxyl groups excluding tert-OH is 1. The van der Waals surface area contributed by atoms with Crippen molar-refractivity contribution in [3.8, 4) is 0 Å². The van der Waals surface area contributed by atoms with Crippen LogP contribution in [0.4, 0.5) is 0 Å². The van der Waals surface area contributed by atoms with Crippen LogP contribution in [-0.4, -0.2) is 23.5 Å². The summed E-state index contributed by atoms with van der Waals surface area (Å²) in [5, 5.41) is 10.1. The average Bonchev–Trinajstić information content (AvgIpc) is 2.27. The number of sulfone groups is 1.